The zero-order valence-corrected chi connectivity index (χ0v) is 51.7. The number of likely N-dealkylation sites (N-methyl/N-ethyl adjacent to an activating group) is 1. The summed E-state index contributed by atoms with van der Waals surface area (Å²) in [6.45, 7) is 10.1. The maximum Gasteiger partial charge on any atom is 0.302 e. The number of ether oxygens (including phenoxy) is 1. The summed E-state index contributed by atoms with van der Waals surface area (Å²) in [6.07, 6.45) is 5.63. The summed E-state index contributed by atoms with van der Waals surface area (Å²) in [5, 5.41) is 35.3. The van der Waals surface area contributed by atoms with Crippen LogP contribution in [0.1, 0.15) is 110 Å². The van der Waals surface area contributed by atoms with Crippen LogP contribution in [0.15, 0.2) is 72.2 Å². The Morgan fingerprint density at radius 2 is 1.29 bits per heavy atom. The van der Waals surface area contributed by atoms with Crippen molar-refractivity contribution >= 4 is 81.9 Å². The molecule has 2 fully saturated rings. The number of fused-ring (bicyclic) bond motifs is 1. The molecule has 29 nitrogen and oxygen atoms in total. The van der Waals surface area contributed by atoms with Gasteiger partial charge in [-0.05, 0) is 93.0 Å². The normalized spacial score (nSPS) is 16.9. The summed E-state index contributed by atoms with van der Waals surface area (Å²) >= 11 is 0. The number of guanidine groups is 1. The van der Waals surface area contributed by atoms with Crippen LogP contribution in [-0.4, -0.2) is 177 Å². The van der Waals surface area contributed by atoms with E-state index in [1.165, 1.54) is 41.7 Å². The average Bonchev–Trinajstić information content (AvgIpc) is 1.98. The van der Waals surface area contributed by atoms with Crippen LogP contribution in [0.25, 0.3) is 10.9 Å². The quantitative estimate of drug-likeness (QED) is 0.0119. The second-order valence-corrected chi connectivity index (χ2v) is 23.4. The summed E-state index contributed by atoms with van der Waals surface area (Å²) in [5.74, 6) is -8.56. The Labute approximate surface area is 521 Å². The summed E-state index contributed by atoms with van der Waals surface area (Å²) in [6, 6.07) is 1.35. The first-order valence-corrected chi connectivity index (χ1v) is 30.4. The predicted octanol–water partition coefficient (Wildman–Crippen LogP) is -0.867. The van der Waals surface area contributed by atoms with Gasteiger partial charge in [-0.3, -0.25) is 57.7 Å². The van der Waals surface area contributed by atoms with Crippen molar-refractivity contribution in [3.8, 4) is 5.75 Å². The number of rotatable bonds is 33. The number of nitrogens with zero attached hydrogens (tertiary/aromatic N) is 3. The lowest BCUT2D eigenvalue weighted by Crippen LogP contribution is -2.61. The number of nitrogens with two attached hydrogens (primary N) is 2. The van der Waals surface area contributed by atoms with Gasteiger partial charge in [0.25, 0.3) is 0 Å². The minimum Gasteiger partial charge on any atom is -0.508 e. The number of phenolic OH excluding ortho intramolecular Hbond substituents is 1. The van der Waals surface area contributed by atoms with E-state index >= 15 is 0 Å². The smallest absolute Gasteiger partial charge is 0.302 e. The van der Waals surface area contributed by atoms with Crippen LogP contribution < -0.4 is 59.3 Å². The van der Waals surface area contributed by atoms with Crippen LogP contribution in [0.5, 0.6) is 5.75 Å². The van der Waals surface area contributed by atoms with Gasteiger partial charge in [0.1, 0.15) is 66.7 Å². The molecule has 0 aliphatic carbocycles. The van der Waals surface area contributed by atoms with E-state index in [-0.39, 0.29) is 106 Å². The number of carbonyl (C=O) groups is 11. The highest BCUT2D eigenvalue weighted by atomic mass is 16.5. The molecule has 0 bridgehead atoms. The number of carbonyl (C=O) groups excluding carboxylic acids is 11. The molecule has 0 unspecified atom stereocenters. The summed E-state index contributed by atoms with van der Waals surface area (Å²) in [7, 11) is 0. The molecule has 2 saturated heterocycles. The molecule has 0 radical (unpaired) electrons. The molecule has 4 aromatic rings. The molecule has 9 atom stereocenters. The fourth-order valence-corrected chi connectivity index (χ4v) is 10.7. The van der Waals surface area contributed by atoms with Gasteiger partial charge in [-0.15, -0.1) is 0 Å². The third kappa shape index (κ3) is 21.1. The van der Waals surface area contributed by atoms with E-state index in [0.29, 0.717) is 47.1 Å². The van der Waals surface area contributed by atoms with Crippen LogP contribution in [0.2, 0.25) is 0 Å². The number of esters is 1. The SMILES string of the molecule is CCNC(=O)[C@@H]1CCCN1C(=O)[C@H](CCCN=C(N)N)NC(=O)[C@H](CC(C)C)NC(=O)[C@@H](CC(C)C)NC(=O)[C@H](Cc1ccc(O)cc1)NC(=O)[C@H](COC(C)=O)NC(=O)[C@@H](Cc1c[nH]c2ccccc12)NC(=O)[C@H](Cc1cnc[nH]1)NC(=O)[C@@H]1CCC(=O)N1. The van der Waals surface area contributed by atoms with E-state index in [1.807, 2.05) is 13.8 Å². The number of phenols is 1. The molecule has 29 heteroatoms. The number of benzene rings is 2. The molecule has 16 N–H and O–H groups in total. The van der Waals surface area contributed by atoms with Gasteiger partial charge < -0.3 is 84.0 Å². The van der Waals surface area contributed by atoms with Gasteiger partial charge in [-0.2, -0.15) is 0 Å². The van der Waals surface area contributed by atoms with E-state index in [2.05, 4.69) is 67.8 Å². The molecule has 0 spiro atoms. The Hall–Kier alpha value is -9.57. The van der Waals surface area contributed by atoms with Crippen molar-refractivity contribution in [2.24, 2.45) is 28.3 Å². The average molecular weight is 1250 g/mol. The molecule has 488 valence electrons. The van der Waals surface area contributed by atoms with E-state index < -0.39 is 114 Å². The highest BCUT2D eigenvalue weighted by Crippen LogP contribution is 2.22. The van der Waals surface area contributed by atoms with Crippen molar-refractivity contribution in [2.75, 3.05) is 26.2 Å². The molecule has 90 heavy (non-hydrogen) atoms. The summed E-state index contributed by atoms with van der Waals surface area (Å²) in [4.78, 5) is 169. The molecule has 2 aliphatic rings. The molecule has 0 saturated carbocycles. The zero-order valence-electron chi connectivity index (χ0n) is 51.7. The van der Waals surface area contributed by atoms with Gasteiger partial charge in [-0.1, -0.05) is 58.0 Å². The van der Waals surface area contributed by atoms with Gasteiger partial charge >= 0.3 is 5.97 Å². The number of hydrogen-bond acceptors (Lipinski definition) is 15. The Morgan fingerprint density at radius 1 is 0.711 bits per heavy atom. The van der Waals surface area contributed by atoms with E-state index in [9.17, 15) is 57.8 Å². The van der Waals surface area contributed by atoms with E-state index in [4.69, 9.17) is 16.2 Å². The Morgan fingerprint density at radius 3 is 1.87 bits per heavy atom. The highest BCUT2D eigenvalue weighted by Gasteiger charge is 2.40. The van der Waals surface area contributed by atoms with Crippen molar-refractivity contribution in [2.45, 2.75) is 167 Å². The monoisotopic (exact) mass is 1250 g/mol. The maximum absolute atomic E-state index is 14.8. The van der Waals surface area contributed by atoms with Crippen molar-refractivity contribution < 1.29 is 62.6 Å². The van der Waals surface area contributed by atoms with Gasteiger partial charge in [0.2, 0.25) is 59.1 Å². The number of para-hydroxylation sites is 1. The van der Waals surface area contributed by atoms with Crippen molar-refractivity contribution in [1.29, 1.82) is 0 Å². The number of aliphatic imine (C=N–C) groups is 1. The summed E-state index contributed by atoms with van der Waals surface area (Å²) < 4.78 is 5.30. The first kappa shape index (κ1) is 69.5. The predicted molar refractivity (Wildman–Crippen MR) is 330 cm³/mol. The molecule has 6 rings (SSSR count). The number of likely N-dealkylation sites (tertiary alicyclic amines) is 1. The van der Waals surface area contributed by atoms with Gasteiger partial charge in [-0.25, -0.2) is 4.98 Å². The molecule has 2 aliphatic heterocycles. The Kier molecular flexibility index (Phi) is 26.0. The zero-order chi connectivity index (χ0) is 65.6. The first-order chi connectivity index (χ1) is 42.9. The molecular formula is C61H86N16O13. The largest absolute Gasteiger partial charge is 0.508 e. The van der Waals surface area contributed by atoms with E-state index in [1.54, 1.807) is 51.2 Å². The lowest BCUT2D eigenvalue weighted by Gasteiger charge is -2.31. The fraction of sp³-hybridized carbons (Fsp3) is 0.525. The number of hydrogen-bond donors (Lipinski definition) is 14. The van der Waals surface area contributed by atoms with Gasteiger partial charge in [0, 0.05) is 81.2 Å². The lowest BCUT2D eigenvalue weighted by atomic mass is 9.98. The molecular weight excluding hydrogens is 1160 g/mol. The van der Waals surface area contributed by atoms with Crippen LogP contribution in [0.3, 0.4) is 0 Å². The molecule has 2 aromatic carbocycles. The van der Waals surface area contributed by atoms with Crippen LogP contribution in [0, 0.1) is 11.8 Å². The summed E-state index contributed by atoms with van der Waals surface area (Å²) in [5.41, 5.74) is 13.3. The second-order valence-electron chi connectivity index (χ2n) is 23.4. The minimum absolute atomic E-state index is 0.0216. The molecule has 10 amide bonds. The maximum atomic E-state index is 14.8. The van der Waals surface area contributed by atoms with Crippen LogP contribution >= 0.6 is 0 Å². The number of imidazole rings is 1. The highest BCUT2D eigenvalue weighted by molar-refractivity contribution is 5.99. The standard InChI is InChI=1S/C61H86N16O13/c1-7-65-59(88)50-15-11-23-77(50)60(89)43(14-10-22-66-61(62)63)70-53(82)44(24-33(2)3)71-54(83)45(25-34(4)5)72-55(84)46(26-36-16-18-39(79)19-17-36)73-58(87)49(31-90-35(6)78)76-56(85)47(27-37-29-67-41-13-9-8-12-40(37)41)74-57(86)48(28-38-30-64-32-68-38)75-52(81)42-20-21-51(80)69-42/h8-9,12-13,16-19,29-30,32-34,42-50,67,79H,7,10-11,14-15,20-28,31H2,1-6H3,(H,64,68)(H,65,88)(H,69,80)(H,70,82)(H,71,83)(H,72,84)(H,73,87)(H,74,86)(H,75,81)(H,76,85)(H4,62,63,66)/t42-,43-,44-,45+,46-,47+,48-,49-,50-/m0/s1. The first-order valence-electron chi connectivity index (χ1n) is 30.4. The van der Waals surface area contributed by atoms with Gasteiger partial charge in [0.15, 0.2) is 5.96 Å². The number of amides is 10. The molecule has 2 aromatic heterocycles. The molecule has 4 heterocycles. The number of aromatic amines is 2. The number of aromatic hydroxyl groups is 1. The second kappa shape index (κ2) is 33.7. The fourth-order valence-electron chi connectivity index (χ4n) is 10.7. The van der Waals surface area contributed by atoms with Crippen LogP contribution in [-0.2, 0) is 76.7 Å². The third-order valence-corrected chi connectivity index (χ3v) is 15.2. The van der Waals surface area contributed by atoms with Gasteiger partial charge in [0.05, 0.1) is 6.33 Å². The van der Waals surface area contributed by atoms with Crippen molar-refractivity contribution in [3.63, 3.8) is 0 Å². The van der Waals surface area contributed by atoms with Crippen molar-refractivity contribution in [3.05, 3.63) is 84.1 Å². The number of aromatic nitrogens is 3. The third-order valence-electron chi connectivity index (χ3n) is 15.2. The lowest BCUT2D eigenvalue weighted by molar-refractivity contribution is -0.145. The Balaban J connectivity index is 1.26. The number of H-pyrrole nitrogens is 2. The van der Waals surface area contributed by atoms with E-state index in [0.717, 1.165) is 6.92 Å². The van der Waals surface area contributed by atoms with Crippen LogP contribution in [0.4, 0.5) is 0 Å². The number of nitrogens with one attached hydrogen (secondary N) is 11. The Bertz CT molecular complexity index is 3180. The topological polar surface area (TPSA) is 438 Å². The van der Waals surface area contributed by atoms with Crippen molar-refractivity contribution in [1.82, 2.24) is 67.7 Å². The minimum atomic E-state index is -1.75.